The summed E-state index contributed by atoms with van der Waals surface area (Å²) in [6.45, 7) is 1.25. The number of para-hydroxylation sites is 1. The molecule has 1 aliphatic rings. The fraction of sp³-hybridized carbons (Fsp3) is 0.143. The Balaban J connectivity index is 2.07. The zero-order valence-electron chi connectivity index (χ0n) is 10.6. The molecule has 1 N–H and O–H groups in total. The predicted octanol–water partition coefficient (Wildman–Crippen LogP) is 1.24. The highest BCUT2D eigenvalue weighted by atomic mass is 16.1. The van der Waals surface area contributed by atoms with E-state index >= 15 is 0 Å². The van der Waals surface area contributed by atoms with Gasteiger partial charge in [-0.2, -0.15) is 0 Å². The molecule has 0 atom stereocenters. The minimum absolute atomic E-state index is 0.0556. The predicted molar refractivity (Wildman–Crippen MR) is 73.1 cm³/mol. The lowest BCUT2D eigenvalue weighted by atomic mass is 10.2. The van der Waals surface area contributed by atoms with Crippen LogP contribution in [0.5, 0.6) is 0 Å². The van der Waals surface area contributed by atoms with E-state index in [1.807, 2.05) is 22.8 Å². The monoisotopic (exact) mass is 265 g/mol. The Hall–Kier alpha value is -2.76. The van der Waals surface area contributed by atoms with Crippen molar-refractivity contribution < 1.29 is 4.79 Å². The molecule has 20 heavy (non-hydrogen) atoms. The van der Waals surface area contributed by atoms with E-state index in [4.69, 9.17) is 0 Å². The van der Waals surface area contributed by atoms with Gasteiger partial charge in [0.1, 0.15) is 5.69 Å². The number of carbonyl (C=O) groups is 1. The van der Waals surface area contributed by atoms with Gasteiger partial charge in [0.15, 0.2) is 5.82 Å². The van der Waals surface area contributed by atoms with Crippen LogP contribution in [0.4, 0.5) is 0 Å². The van der Waals surface area contributed by atoms with E-state index in [1.165, 1.54) is 0 Å². The molecule has 0 saturated carbocycles. The number of amides is 1. The van der Waals surface area contributed by atoms with E-state index in [0.29, 0.717) is 24.3 Å². The van der Waals surface area contributed by atoms with Crippen molar-refractivity contribution in [2.75, 3.05) is 6.54 Å². The molecule has 0 radical (unpaired) electrons. The molecule has 0 aliphatic carbocycles. The summed E-state index contributed by atoms with van der Waals surface area (Å²) in [4.78, 5) is 25.1. The minimum atomic E-state index is -0.0556. The van der Waals surface area contributed by atoms with Crippen LogP contribution in [0, 0.1) is 0 Å². The van der Waals surface area contributed by atoms with E-state index in [1.54, 1.807) is 18.6 Å². The van der Waals surface area contributed by atoms with Gasteiger partial charge >= 0.3 is 0 Å². The van der Waals surface area contributed by atoms with E-state index in [0.717, 1.165) is 16.9 Å². The third kappa shape index (κ3) is 1.51. The maximum atomic E-state index is 12.1. The summed E-state index contributed by atoms with van der Waals surface area (Å²) in [6, 6.07) is 5.58. The second kappa shape index (κ2) is 4.12. The standard InChI is InChI=1S/C14H11N5O/c20-14-9-2-1-3-10-12(9)19(7-6-17-14)13(18-10)11-8-15-4-5-16-11/h1-5,8H,6-7H2,(H,17,20). The molecule has 0 spiro atoms. The normalized spacial score (nSPS) is 14.1. The first-order chi connectivity index (χ1) is 9.84. The van der Waals surface area contributed by atoms with Gasteiger partial charge in [0.2, 0.25) is 0 Å². The number of hydrogen-bond acceptors (Lipinski definition) is 4. The van der Waals surface area contributed by atoms with Crippen molar-refractivity contribution in [3.05, 3.63) is 42.4 Å². The molecule has 3 heterocycles. The molecule has 1 aliphatic heterocycles. The summed E-state index contributed by atoms with van der Waals surface area (Å²) in [5.74, 6) is 0.692. The topological polar surface area (TPSA) is 72.7 Å². The Morgan fingerprint density at radius 2 is 2.20 bits per heavy atom. The summed E-state index contributed by atoms with van der Waals surface area (Å²) in [5, 5.41) is 2.89. The maximum absolute atomic E-state index is 12.1. The molecule has 1 aromatic carbocycles. The second-order valence-electron chi connectivity index (χ2n) is 4.61. The number of imidazole rings is 1. The molecular weight excluding hydrogens is 254 g/mol. The van der Waals surface area contributed by atoms with E-state index in [2.05, 4.69) is 20.3 Å². The van der Waals surface area contributed by atoms with Crippen molar-refractivity contribution in [2.45, 2.75) is 6.54 Å². The largest absolute Gasteiger partial charge is 0.350 e. The van der Waals surface area contributed by atoms with Crippen molar-refractivity contribution in [3.8, 4) is 11.5 Å². The Labute approximate surface area is 114 Å². The molecule has 3 aromatic rings. The molecule has 0 bridgehead atoms. The van der Waals surface area contributed by atoms with Gasteiger partial charge in [-0.05, 0) is 12.1 Å². The zero-order chi connectivity index (χ0) is 13.5. The van der Waals surface area contributed by atoms with Gasteiger partial charge in [-0.25, -0.2) is 9.97 Å². The molecule has 98 valence electrons. The van der Waals surface area contributed by atoms with Crippen molar-refractivity contribution in [1.29, 1.82) is 0 Å². The van der Waals surface area contributed by atoms with Crippen LogP contribution >= 0.6 is 0 Å². The zero-order valence-corrected chi connectivity index (χ0v) is 10.6. The number of hydrogen-bond donors (Lipinski definition) is 1. The molecule has 0 fully saturated rings. The number of benzene rings is 1. The lowest BCUT2D eigenvalue weighted by molar-refractivity contribution is 0.0956. The number of nitrogens with one attached hydrogen (secondary N) is 1. The van der Waals surface area contributed by atoms with Crippen LogP contribution < -0.4 is 5.32 Å². The van der Waals surface area contributed by atoms with Crippen LogP contribution in [-0.4, -0.2) is 32.0 Å². The summed E-state index contributed by atoms with van der Waals surface area (Å²) in [6.07, 6.45) is 4.96. The van der Waals surface area contributed by atoms with E-state index in [-0.39, 0.29) is 5.91 Å². The Kier molecular flexibility index (Phi) is 2.29. The lowest BCUT2D eigenvalue weighted by Crippen LogP contribution is -2.24. The average Bonchev–Trinajstić information content (AvgIpc) is 2.78. The van der Waals surface area contributed by atoms with E-state index < -0.39 is 0 Å². The smallest absolute Gasteiger partial charge is 0.253 e. The number of rotatable bonds is 1. The van der Waals surface area contributed by atoms with Gasteiger partial charge in [-0.1, -0.05) is 6.07 Å². The third-order valence-corrected chi connectivity index (χ3v) is 3.42. The number of nitrogens with zero attached hydrogens (tertiary/aromatic N) is 4. The minimum Gasteiger partial charge on any atom is -0.350 e. The van der Waals surface area contributed by atoms with Crippen LogP contribution in [0.1, 0.15) is 10.4 Å². The molecule has 0 unspecified atom stereocenters. The highest BCUT2D eigenvalue weighted by Gasteiger charge is 2.21. The summed E-state index contributed by atoms with van der Waals surface area (Å²) in [5.41, 5.74) is 3.04. The quantitative estimate of drug-likeness (QED) is 0.718. The van der Waals surface area contributed by atoms with Gasteiger partial charge in [-0.15, -0.1) is 0 Å². The fourth-order valence-electron chi connectivity index (χ4n) is 2.57. The van der Waals surface area contributed by atoms with Crippen molar-refractivity contribution in [2.24, 2.45) is 0 Å². The first-order valence-corrected chi connectivity index (χ1v) is 6.38. The Morgan fingerprint density at radius 1 is 1.25 bits per heavy atom. The van der Waals surface area contributed by atoms with Crippen LogP contribution in [0.2, 0.25) is 0 Å². The molecule has 4 rings (SSSR count). The van der Waals surface area contributed by atoms with Crippen molar-refractivity contribution >= 4 is 16.9 Å². The van der Waals surface area contributed by atoms with Gasteiger partial charge in [0.25, 0.3) is 5.91 Å². The van der Waals surface area contributed by atoms with Crippen LogP contribution in [0.25, 0.3) is 22.6 Å². The molecule has 0 saturated heterocycles. The SMILES string of the molecule is O=C1NCCn2c(-c3cnccn3)nc3cccc1c32. The fourth-order valence-corrected chi connectivity index (χ4v) is 2.57. The van der Waals surface area contributed by atoms with Crippen molar-refractivity contribution in [1.82, 2.24) is 24.8 Å². The summed E-state index contributed by atoms with van der Waals surface area (Å²) in [7, 11) is 0. The molecule has 6 nitrogen and oxygen atoms in total. The molecule has 1 amide bonds. The Morgan fingerprint density at radius 3 is 3.05 bits per heavy atom. The number of carbonyl (C=O) groups excluding carboxylic acids is 1. The summed E-state index contributed by atoms with van der Waals surface area (Å²) >= 11 is 0. The first-order valence-electron chi connectivity index (χ1n) is 6.38. The lowest BCUT2D eigenvalue weighted by Gasteiger charge is -2.05. The van der Waals surface area contributed by atoms with Crippen LogP contribution in [0.15, 0.2) is 36.8 Å². The number of aromatic nitrogens is 4. The molecular formula is C14H11N5O. The first kappa shape index (κ1) is 11.1. The summed E-state index contributed by atoms with van der Waals surface area (Å²) < 4.78 is 2.03. The van der Waals surface area contributed by atoms with Gasteiger partial charge in [0.05, 0.1) is 22.8 Å². The van der Waals surface area contributed by atoms with Gasteiger partial charge in [0, 0.05) is 25.5 Å². The van der Waals surface area contributed by atoms with Crippen molar-refractivity contribution in [3.63, 3.8) is 0 Å². The van der Waals surface area contributed by atoms with Gasteiger partial charge in [-0.3, -0.25) is 9.78 Å². The van der Waals surface area contributed by atoms with Crippen LogP contribution in [-0.2, 0) is 6.54 Å². The molecule has 6 heteroatoms. The van der Waals surface area contributed by atoms with E-state index in [9.17, 15) is 4.79 Å². The highest BCUT2D eigenvalue weighted by Crippen LogP contribution is 2.26. The highest BCUT2D eigenvalue weighted by molar-refractivity contribution is 6.06. The van der Waals surface area contributed by atoms with Gasteiger partial charge < -0.3 is 9.88 Å². The molecule has 2 aromatic heterocycles. The van der Waals surface area contributed by atoms with Crippen LogP contribution in [0.3, 0.4) is 0 Å². The average molecular weight is 265 g/mol. The maximum Gasteiger partial charge on any atom is 0.253 e. The third-order valence-electron chi connectivity index (χ3n) is 3.42. The second-order valence-corrected chi connectivity index (χ2v) is 4.61. The Bertz CT molecular complexity index is 809.